The summed E-state index contributed by atoms with van der Waals surface area (Å²) in [6, 6.07) is 1.82. The highest BCUT2D eigenvalue weighted by Gasteiger charge is 1.97. The fraction of sp³-hybridized carbons (Fsp3) is 0.500. The molecule has 0 aliphatic rings. The second-order valence-corrected chi connectivity index (χ2v) is 2.41. The molecule has 0 fully saturated rings. The van der Waals surface area contributed by atoms with Crippen LogP contribution in [0.3, 0.4) is 0 Å². The Labute approximate surface area is 78.8 Å². The molecule has 3 nitrogen and oxygen atoms in total. The van der Waals surface area contributed by atoms with E-state index in [-0.39, 0.29) is 12.4 Å². The molecule has 0 aliphatic carbocycles. The fourth-order valence-corrected chi connectivity index (χ4v) is 0.914. The van der Waals surface area contributed by atoms with E-state index in [4.69, 9.17) is 5.73 Å². The van der Waals surface area contributed by atoms with Crippen LogP contribution in [0.1, 0.15) is 25.4 Å². The summed E-state index contributed by atoms with van der Waals surface area (Å²) < 4.78 is 0. The van der Waals surface area contributed by atoms with Gasteiger partial charge in [-0.15, -0.1) is 12.4 Å². The molecule has 1 rings (SSSR count). The third-order valence-corrected chi connectivity index (χ3v) is 1.52. The molecular weight excluding hydrogens is 174 g/mol. The van der Waals surface area contributed by atoms with Crippen LogP contribution < -0.4 is 5.73 Å². The third-order valence-electron chi connectivity index (χ3n) is 1.52. The second kappa shape index (κ2) is 4.93. The summed E-state index contributed by atoms with van der Waals surface area (Å²) in [5.74, 6) is 1.41. The number of nitrogens with zero attached hydrogens (tertiary/aromatic N) is 2. The van der Waals surface area contributed by atoms with Gasteiger partial charge in [0.15, 0.2) is 0 Å². The van der Waals surface area contributed by atoms with Crippen molar-refractivity contribution in [1.29, 1.82) is 0 Å². The van der Waals surface area contributed by atoms with Crippen LogP contribution in [0.4, 0.5) is 5.82 Å². The van der Waals surface area contributed by atoms with Crippen LogP contribution in [-0.4, -0.2) is 9.97 Å². The Morgan fingerprint density at radius 2 is 1.92 bits per heavy atom. The van der Waals surface area contributed by atoms with Gasteiger partial charge in [0.2, 0.25) is 0 Å². The third kappa shape index (κ3) is 2.66. The maximum Gasteiger partial charge on any atom is 0.130 e. The Morgan fingerprint density at radius 3 is 2.42 bits per heavy atom. The lowest BCUT2D eigenvalue weighted by Gasteiger charge is -2.00. The molecule has 0 saturated heterocycles. The molecule has 0 atom stereocenters. The van der Waals surface area contributed by atoms with Crippen LogP contribution in [0.25, 0.3) is 0 Å². The quantitative estimate of drug-likeness (QED) is 0.766. The molecule has 0 amide bonds. The molecule has 1 aromatic heterocycles. The first kappa shape index (κ1) is 11.2. The minimum absolute atomic E-state index is 0. The van der Waals surface area contributed by atoms with Crippen molar-refractivity contribution < 1.29 is 0 Å². The van der Waals surface area contributed by atoms with Crippen molar-refractivity contribution in [1.82, 2.24) is 9.97 Å². The number of rotatable bonds is 2. The number of nitrogen functional groups attached to an aromatic ring is 1. The summed E-state index contributed by atoms with van der Waals surface area (Å²) >= 11 is 0. The van der Waals surface area contributed by atoms with Crippen LogP contribution in [0.2, 0.25) is 0 Å². The van der Waals surface area contributed by atoms with Gasteiger partial charge in [0, 0.05) is 18.2 Å². The second-order valence-electron chi connectivity index (χ2n) is 2.41. The molecule has 0 spiro atoms. The van der Waals surface area contributed by atoms with Crippen LogP contribution >= 0.6 is 12.4 Å². The maximum atomic E-state index is 5.56. The predicted octanol–water partition coefficient (Wildman–Crippen LogP) is 1.61. The van der Waals surface area contributed by atoms with Crippen molar-refractivity contribution in [2.45, 2.75) is 26.7 Å². The van der Waals surface area contributed by atoms with Gasteiger partial charge in [-0.2, -0.15) is 0 Å². The molecule has 0 unspecified atom stereocenters. The van der Waals surface area contributed by atoms with E-state index in [1.54, 1.807) is 0 Å². The topological polar surface area (TPSA) is 51.8 Å². The number of aryl methyl sites for hydroxylation is 2. The van der Waals surface area contributed by atoms with Gasteiger partial charge in [-0.1, -0.05) is 13.8 Å². The number of anilines is 1. The summed E-state index contributed by atoms with van der Waals surface area (Å²) in [7, 11) is 0. The molecule has 0 aliphatic heterocycles. The summed E-state index contributed by atoms with van der Waals surface area (Å²) in [6.07, 6.45) is 1.76. The van der Waals surface area contributed by atoms with Crippen molar-refractivity contribution in [2.75, 3.05) is 5.73 Å². The molecule has 0 aromatic carbocycles. The minimum Gasteiger partial charge on any atom is -0.384 e. The number of hydrogen-bond acceptors (Lipinski definition) is 3. The van der Waals surface area contributed by atoms with Gasteiger partial charge in [0.25, 0.3) is 0 Å². The lowest BCUT2D eigenvalue weighted by Crippen LogP contribution is -2.01. The van der Waals surface area contributed by atoms with E-state index >= 15 is 0 Å². The van der Waals surface area contributed by atoms with Crippen molar-refractivity contribution in [3.63, 3.8) is 0 Å². The van der Waals surface area contributed by atoms with E-state index in [1.165, 1.54) is 0 Å². The summed E-state index contributed by atoms with van der Waals surface area (Å²) in [5, 5.41) is 0. The maximum absolute atomic E-state index is 5.56. The highest BCUT2D eigenvalue weighted by molar-refractivity contribution is 5.85. The average Bonchev–Trinajstić information content (AvgIpc) is 2.03. The van der Waals surface area contributed by atoms with Gasteiger partial charge in [0.05, 0.1) is 0 Å². The van der Waals surface area contributed by atoms with Gasteiger partial charge in [-0.05, 0) is 6.42 Å². The first-order valence-corrected chi connectivity index (χ1v) is 3.88. The molecule has 12 heavy (non-hydrogen) atoms. The number of nitrogens with two attached hydrogens (primary N) is 1. The fourth-order valence-electron chi connectivity index (χ4n) is 0.914. The van der Waals surface area contributed by atoms with E-state index in [0.717, 1.165) is 24.4 Å². The van der Waals surface area contributed by atoms with E-state index in [2.05, 4.69) is 16.9 Å². The SMILES string of the molecule is CCc1cc(N)nc(CC)n1.Cl. The zero-order chi connectivity index (χ0) is 8.27. The Bertz CT molecular complexity index is 228. The van der Waals surface area contributed by atoms with Gasteiger partial charge >= 0.3 is 0 Å². The predicted molar refractivity (Wildman–Crippen MR) is 52.4 cm³/mol. The normalized spacial score (nSPS) is 9.17. The molecule has 2 N–H and O–H groups in total. The number of hydrogen-bond donors (Lipinski definition) is 1. The summed E-state index contributed by atoms with van der Waals surface area (Å²) in [4.78, 5) is 8.35. The minimum atomic E-state index is 0. The zero-order valence-corrected chi connectivity index (χ0v) is 8.19. The molecule has 68 valence electrons. The Hall–Kier alpha value is -0.830. The van der Waals surface area contributed by atoms with Crippen molar-refractivity contribution in [3.8, 4) is 0 Å². The Kier molecular flexibility index (Phi) is 4.59. The van der Waals surface area contributed by atoms with Crippen LogP contribution in [0.5, 0.6) is 0 Å². The van der Waals surface area contributed by atoms with Gasteiger partial charge in [-0.25, -0.2) is 9.97 Å². The Morgan fingerprint density at radius 1 is 1.25 bits per heavy atom. The Balaban J connectivity index is 0.00000121. The van der Waals surface area contributed by atoms with Crippen LogP contribution in [0.15, 0.2) is 6.07 Å². The molecule has 1 aromatic rings. The summed E-state index contributed by atoms with van der Waals surface area (Å²) in [6.45, 7) is 4.08. The monoisotopic (exact) mass is 187 g/mol. The number of halogens is 1. The molecule has 0 saturated carbocycles. The first-order chi connectivity index (χ1) is 5.26. The smallest absolute Gasteiger partial charge is 0.130 e. The van der Waals surface area contributed by atoms with Gasteiger partial charge < -0.3 is 5.73 Å². The number of aromatic nitrogens is 2. The molecular formula is C8H14ClN3. The van der Waals surface area contributed by atoms with E-state index in [1.807, 2.05) is 13.0 Å². The van der Waals surface area contributed by atoms with E-state index < -0.39 is 0 Å². The molecule has 0 radical (unpaired) electrons. The summed E-state index contributed by atoms with van der Waals surface area (Å²) in [5.41, 5.74) is 6.58. The lowest BCUT2D eigenvalue weighted by atomic mass is 10.3. The van der Waals surface area contributed by atoms with E-state index in [0.29, 0.717) is 5.82 Å². The van der Waals surface area contributed by atoms with E-state index in [9.17, 15) is 0 Å². The van der Waals surface area contributed by atoms with Crippen molar-refractivity contribution in [2.24, 2.45) is 0 Å². The highest BCUT2D eigenvalue weighted by atomic mass is 35.5. The zero-order valence-electron chi connectivity index (χ0n) is 7.37. The average molecular weight is 188 g/mol. The molecule has 1 heterocycles. The van der Waals surface area contributed by atoms with Crippen molar-refractivity contribution in [3.05, 3.63) is 17.6 Å². The lowest BCUT2D eigenvalue weighted by molar-refractivity contribution is 0.893. The molecule has 4 heteroatoms. The van der Waals surface area contributed by atoms with Gasteiger partial charge in [-0.3, -0.25) is 0 Å². The van der Waals surface area contributed by atoms with Crippen molar-refractivity contribution >= 4 is 18.2 Å². The van der Waals surface area contributed by atoms with Crippen LogP contribution in [-0.2, 0) is 12.8 Å². The largest absolute Gasteiger partial charge is 0.384 e. The standard InChI is InChI=1S/C8H13N3.ClH/c1-3-6-5-7(9)11-8(4-2)10-6;/h5H,3-4H2,1-2H3,(H2,9,10,11);1H. The van der Waals surface area contributed by atoms with Crippen LogP contribution in [0, 0.1) is 0 Å². The highest BCUT2D eigenvalue weighted by Crippen LogP contribution is 2.03. The molecule has 0 bridgehead atoms. The first-order valence-electron chi connectivity index (χ1n) is 3.88. The van der Waals surface area contributed by atoms with Gasteiger partial charge in [0.1, 0.15) is 11.6 Å².